The van der Waals surface area contributed by atoms with Crippen molar-refractivity contribution in [2.45, 2.75) is 25.7 Å². The van der Waals surface area contributed by atoms with Gasteiger partial charge in [0.05, 0.1) is 12.0 Å². The van der Waals surface area contributed by atoms with Crippen LogP contribution in [0, 0.1) is 0 Å². The molecule has 0 bridgehead atoms. The van der Waals surface area contributed by atoms with Crippen LogP contribution in [0.3, 0.4) is 0 Å². The van der Waals surface area contributed by atoms with Gasteiger partial charge in [-0.25, -0.2) is 4.79 Å². The number of nitrogens with two attached hydrogens (primary N) is 1. The van der Waals surface area contributed by atoms with Crippen LogP contribution >= 0.6 is 11.3 Å². The molecule has 0 fully saturated rings. The van der Waals surface area contributed by atoms with Gasteiger partial charge >= 0.3 is 6.03 Å². The molecule has 1 heterocycles. The monoisotopic (exact) mass is 393 g/mol. The van der Waals surface area contributed by atoms with Gasteiger partial charge in [-0.2, -0.15) is 0 Å². The van der Waals surface area contributed by atoms with Crippen LogP contribution in [-0.2, 0) is 24.1 Å². The molecular weight excluding hydrogens is 374 g/mol. The van der Waals surface area contributed by atoms with Gasteiger partial charge in [0.25, 0.3) is 5.91 Å². The Kier molecular flexibility index (Phi) is 4.83. The van der Waals surface area contributed by atoms with E-state index in [2.05, 4.69) is 10.6 Å². The summed E-state index contributed by atoms with van der Waals surface area (Å²) in [6, 6.07) is 12.9. The topological polar surface area (TPSA) is 101 Å². The van der Waals surface area contributed by atoms with Gasteiger partial charge in [0.2, 0.25) is 5.91 Å². The Bertz CT molecular complexity index is 1100. The first-order valence-corrected chi connectivity index (χ1v) is 9.86. The smallest absolute Gasteiger partial charge is 0.319 e. The summed E-state index contributed by atoms with van der Waals surface area (Å²) >= 11 is 1.40. The summed E-state index contributed by atoms with van der Waals surface area (Å²) in [6.45, 7) is 0. The zero-order valence-electron chi connectivity index (χ0n) is 15.1. The molecule has 0 radical (unpaired) electrons. The van der Waals surface area contributed by atoms with E-state index in [4.69, 9.17) is 5.73 Å². The second-order valence-corrected chi connectivity index (χ2v) is 7.85. The number of hydrogen-bond acceptors (Lipinski definition) is 4. The lowest BCUT2D eigenvalue weighted by Gasteiger charge is -2.09. The third kappa shape index (κ3) is 3.48. The Morgan fingerprint density at radius 1 is 1.04 bits per heavy atom. The number of imide groups is 1. The predicted molar refractivity (Wildman–Crippen MR) is 110 cm³/mol. The number of nitrogens with one attached hydrogen (secondary N) is 2. The van der Waals surface area contributed by atoms with Gasteiger partial charge < -0.3 is 11.1 Å². The Morgan fingerprint density at radius 2 is 1.82 bits per heavy atom. The SMILES string of the molecule is NC(=O)NC(=O)c1c(NC(=O)Cc2cccc3ccccc23)sc2c1CCC2. The summed E-state index contributed by atoms with van der Waals surface area (Å²) in [5.41, 5.74) is 7.29. The van der Waals surface area contributed by atoms with E-state index in [1.807, 2.05) is 42.5 Å². The first kappa shape index (κ1) is 18.2. The molecular formula is C21H19N3O3S. The van der Waals surface area contributed by atoms with Gasteiger partial charge in [-0.3, -0.25) is 14.9 Å². The highest BCUT2D eigenvalue weighted by Gasteiger charge is 2.28. The molecule has 142 valence electrons. The lowest BCUT2D eigenvalue weighted by molar-refractivity contribution is -0.115. The number of fused-ring (bicyclic) bond motifs is 2. The maximum atomic E-state index is 12.7. The van der Waals surface area contributed by atoms with Gasteiger partial charge in [0, 0.05) is 4.88 Å². The van der Waals surface area contributed by atoms with Crippen LogP contribution in [0.5, 0.6) is 0 Å². The standard InChI is InChI=1S/C21H19N3O3S/c22-21(27)24-19(26)18-15-9-4-10-16(15)28-20(18)23-17(25)11-13-7-3-6-12-5-1-2-8-14(12)13/h1-3,5-8H,4,9-11H2,(H,23,25)(H3,22,24,26,27). The van der Waals surface area contributed by atoms with Gasteiger partial charge in [-0.15, -0.1) is 11.3 Å². The number of aryl methyl sites for hydroxylation is 1. The zero-order valence-corrected chi connectivity index (χ0v) is 15.9. The van der Waals surface area contributed by atoms with E-state index in [0.717, 1.165) is 46.0 Å². The van der Waals surface area contributed by atoms with Crippen molar-refractivity contribution in [3.63, 3.8) is 0 Å². The first-order valence-electron chi connectivity index (χ1n) is 9.04. The molecule has 2 aromatic carbocycles. The number of thiophene rings is 1. The highest BCUT2D eigenvalue weighted by atomic mass is 32.1. The van der Waals surface area contributed by atoms with Crippen molar-refractivity contribution < 1.29 is 14.4 Å². The summed E-state index contributed by atoms with van der Waals surface area (Å²) < 4.78 is 0. The van der Waals surface area contributed by atoms with Gasteiger partial charge in [-0.05, 0) is 41.2 Å². The molecule has 7 heteroatoms. The van der Waals surface area contributed by atoms with Crippen molar-refractivity contribution in [3.8, 4) is 0 Å². The maximum Gasteiger partial charge on any atom is 0.319 e. The lowest BCUT2D eigenvalue weighted by atomic mass is 10.0. The lowest BCUT2D eigenvalue weighted by Crippen LogP contribution is -2.35. The highest BCUT2D eigenvalue weighted by Crippen LogP contribution is 2.39. The molecule has 0 atom stereocenters. The van der Waals surface area contributed by atoms with Crippen molar-refractivity contribution in [2.24, 2.45) is 5.73 Å². The van der Waals surface area contributed by atoms with Crippen LogP contribution in [0.2, 0.25) is 0 Å². The Balaban J connectivity index is 1.59. The molecule has 28 heavy (non-hydrogen) atoms. The number of hydrogen-bond donors (Lipinski definition) is 3. The van der Waals surface area contributed by atoms with Crippen LogP contribution in [0.4, 0.5) is 9.80 Å². The highest BCUT2D eigenvalue weighted by molar-refractivity contribution is 7.17. The Morgan fingerprint density at radius 3 is 2.64 bits per heavy atom. The number of benzene rings is 2. The van der Waals surface area contributed by atoms with Gasteiger partial charge in [0.15, 0.2) is 0 Å². The number of urea groups is 1. The number of rotatable bonds is 4. The molecule has 0 unspecified atom stereocenters. The summed E-state index contributed by atoms with van der Waals surface area (Å²) in [5.74, 6) is -0.767. The zero-order chi connectivity index (χ0) is 19.7. The first-order chi connectivity index (χ1) is 13.5. The van der Waals surface area contributed by atoms with Crippen LogP contribution in [0.25, 0.3) is 10.8 Å². The van der Waals surface area contributed by atoms with E-state index >= 15 is 0 Å². The normalized spacial score (nSPS) is 12.6. The molecule has 4 rings (SSSR count). The average molecular weight is 393 g/mol. The van der Waals surface area contributed by atoms with Crippen LogP contribution in [-0.4, -0.2) is 17.8 Å². The van der Waals surface area contributed by atoms with Crippen LogP contribution in [0.15, 0.2) is 42.5 Å². The second-order valence-electron chi connectivity index (χ2n) is 6.74. The van der Waals surface area contributed by atoms with Crippen molar-refractivity contribution >= 4 is 45.0 Å². The van der Waals surface area contributed by atoms with E-state index in [0.29, 0.717) is 10.6 Å². The quantitative estimate of drug-likeness (QED) is 0.633. The molecule has 4 N–H and O–H groups in total. The maximum absolute atomic E-state index is 12.7. The summed E-state index contributed by atoms with van der Waals surface area (Å²) in [6.07, 6.45) is 2.78. The van der Waals surface area contributed by atoms with Crippen molar-refractivity contribution in [1.29, 1.82) is 0 Å². The minimum Gasteiger partial charge on any atom is -0.351 e. The fraction of sp³-hybridized carbons (Fsp3) is 0.190. The molecule has 0 aliphatic heterocycles. The number of carbonyl (C=O) groups is 3. The predicted octanol–water partition coefficient (Wildman–Crippen LogP) is 3.38. The third-order valence-electron chi connectivity index (χ3n) is 4.87. The fourth-order valence-electron chi connectivity index (χ4n) is 3.70. The molecule has 1 aliphatic rings. The number of anilines is 1. The number of primary amides is 1. The van der Waals surface area contributed by atoms with Crippen molar-refractivity contribution in [2.75, 3.05) is 5.32 Å². The largest absolute Gasteiger partial charge is 0.351 e. The molecule has 0 saturated heterocycles. The van der Waals surface area contributed by atoms with E-state index in [-0.39, 0.29) is 12.3 Å². The Labute approximate surface area is 165 Å². The molecule has 1 aromatic heterocycles. The summed E-state index contributed by atoms with van der Waals surface area (Å²) in [7, 11) is 0. The average Bonchev–Trinajstić information content (AvgIpc) is 3.22. The van der Waals surface area contributed by atoms with E-state index in [1.54, 1.807) is 0 Å². The van der Waals surface area contributed by atoms with Gasteiger partial charge in [0.1, 0.15) is 5.00 Å². The molecule has 1 aliphatic carbocycles. The second kappa shape index (κ2) is 7.44. The number of carbonyl (C=O) groups excluding carboxylic acids is 3. The van der Waals surface area contributed by atoms with Gasteiger partial charge in [-0.1, -0.05) is 42.5 Å². The molecule has 4 amide bonds. The molecule has 0 spiro atoms. The molecule has 6 nitrogen and oxygen atoms in total. The Hall–Kier alpha value is -3.19. The third-order valence-corrected chi connectivity index (χ3v) is 6.08. The molecule has 0 saturated carbocycles. The van der Waals surface area contributed by atoms with Crippen molar-refractivity contribution in [3.05, 3.63) is 64.0 Å². The summed E-state index contributed by atoms with van der Waals surface area (Å²) in [4.78, 5) is 37.4. The van der Waals surface area contributed by atoms with Crippen LogP contribution < -0.4 is 16.4 Å². The minimum absolute atomic E-state index is 0.195. The minimum atomic E-state index is -0.907. The van der Waals surface area contributed by atoms with Crippen LogP contribution in [0.1, 0.15) is 32.8 Å². The van der Waals surface area contributed by atoms with E-state index in [9.17, 15) is 14.4 Å². The fourth-order valence-corrected chi connectivity index (χ4v) is 5.00. The number of amides is 4. The molecule has 3 aromatic rings. The van der Waals surface area contributed by atoms with Crippen molar-refractivity contribution in [1.82, 2.24) is 5.32 Å². The summed E-state index contributed by atoms with van der Waals surface area (Å²) in [5, 5.41) is 7.57. The van der Waals surface area contributed by atoms with E-state index < -0.39 is 11.9 Å². The van der Waals surface area contributed by atoms with E-state index in [1.165, 1.54) is 11.3 Å².